The van der Waals surface area contributed by atoms with Gasteiger partial charge in [0.05, 0.1) is 23.1 Å². The van der Waals surface area contributed by atoms with Crippen LogP contribution in [-0.2, 0) is 11.3 Å². The van der Waals surface area contributed by atoms with Crippen molar-refractivity contribution in [3.8, 4) is 22.6 Å². The van der Waals surface area contributed by atoms with E-state index in [4.69, 9.17) is 25.8 Å². The Morgan fingerprint density at radius 1 is 1.38 bits per heavy atom. The molecule has 1 N–H and O–H groups in total. The fourth-order valence-corrected chi connectivity index (χ4v) is 4.22. The highest BCUT2D eigenvalue weighted by molar-refractivity contribution is 7.08. The minimum Gasteiger partial charge on any atom is -0.454 e. The number of methoxy groups -OCH3 is 1. The molecule has 4 heterocycles. The van der Waals surface area contributed by atoms with Crippen molar-refractivity contribution in [2.24, 2.45) is 0 Å². The van der Waals surface area contributed by atoms with Crippen molar-refractivity contribution in [1.82, 2.24) is 19.1 Å². The van der Waals surface area contributed by atoms with Gasteiger partial charge in [0, 0.05) is 30.6 Å². The summed E-state index contributed by atoms with van der Waals surface area (Å²) < 4.78 is 22.0. The summed E-state index contributed by atoms with van der Waals surface area (Å²) in [7, 11) is 1.63. The predicted octanol–water partition coefficient (Wildman–Crippen LogP) is 4.22. The zero-order valence-corrected chi connectivity index (χ0v) is 18.7. The molecule has 0 saturated carbocycles. The molecule has 4 aromatic rings. The van der Waals surface area contributed by atoms with Gasteiger partial charge in [-0.05, 0) is 42.7 Å². The SMILES string of the molecule is COC(C)Cn1nc(NC(=O)c2ccns2)c2cc(-c3ccc4c(c3Cl)OCO4)cnc21. The highest BCUT2D eigenvalue weighted by atomic mass is 35.5. The number of amides is 1. The highest BCUT2D eigenvalue weighted by Gasteiger charge is 2.22. The van der Waals surface area contributed by atoms with Crippen molar-refractivity contribution in [2.45, 2.75) is 19.6 Å². The molecule has 1 unspecified atom stereocenters. The Kier molecular flexibility index (Phi) is 5.41. The number of nitrogens with one attached hydrogen (secondary N) is 1. The van der Waals surface area contributed by atoms with E-state index >= 15 is 0 Å². The molecule has 3 aromatic heterocycles. The number of rotatable bonds is 6. The monoisotopic (exact) mass is 471 g/mol. The topological polar surface area (TPSA) is 100 Å². The van der Waals surface area contributed by atoms with Gasteiger partial charge in [-0.2, -0.15) is 5.10 Å². The lowest BCUT2D eigenvalue weighted by Gasteiger charge is -2.10. The third-order valence-corrected chi connectivity index (χ3v) is 6.22. The smallest absolute Gasteiger partial charge is 0.268 e. The predicted molar refractivity (Wildman–Crippen MR) is 121 cm³/mol. The molecular weight excluding hydrogens is 454 g/mol. The van der Waals surface area contributed by atoms with Crippen LogP contribution in [0.3, 0.4) is 0 Å². The molecule has 1 atom stereocenters. The Labute approximate surface area is 192 Å². The maximum absolute atomic E-state index is 12.7. The normalized spacial score (nSPS) is 13.5. The third-order valence-electron chi connectivity index (χ3n) is 5.10. The van der Waals surface area contributed by atoms with E-state index in [1.807, 2.05) is 25.1 Å². The average Bonchev–Trinajstić information content (AvgIpc) is 3.55. The van der Waals surface area contributed by atoms with Gasteiger partial charge in [-0.3, -0.25) is 4.79 Å². The van der Waals surface area contributed by atoms with Crippen LogP contribution in [0.4, 0.5) is 5.82 Å². The Morgan fingerprint density at radius 2 is 2.25 bits per heavy atom. The zero-order chi connectivity index (χ0) is 22.2. The Bertz CT molecular complexity index is 1310. The molecule has 1 amide bonds. The number of carbonyl (C=O) groups excluding carboxylic acids is 1. The summed E-state index contributed by atoms with van der Waals surface area (Å²) in [5, 5.41) is 8.59. The molecule has 164 valence electrons. The van der Waals surface area contributed by atoms with E-state index < -0.39 is 0 Å². The van der Waals surface area contributed by atoms with Crippen LogP contribution in [0.1, 0.15) is 16.6 Å². The van der Waals surface area contributed by atoms with Crippen LogP contribution in [0, 0.1) is 0 Å². The van der Waals surface area contributed by atoms with Crippen LogP contribution < -0.4 is 14.8 Å². The Balaban J connectivity index is 1.59. The molecule has 0 spiro atoms. The lowest BCUT2D eigenvalue weighted by molar-refractivity contribution is 0.101. The first kappa shape index (κ1) is 20.7. The number of halogens is 1. The number of pyridine rings is 1. The number of fused-ring (bicyclic) bond motifs is 2. The summed E-state index contributed by atoms with van der Waals surface area (Å²) in [4.78, 5) is 17.8. The van der Waals surface area contributed by atoms with Crippen molar-refractivity contribution in [3.63, 3.8) is 0 Å². The van der Waals surface area contributed by atoms with Gasteiger partial charge in [0.15, 0.2) is 23.0 Å². The first-order valence-electron chi connectivity index (χ1n) is 9.75. The van der Waals surface area contributed by atoms with E-state index in [1.165, 1.54) is 0 Å². The van der Waals surface area contributed by atoms with E-state index in [9.17, 15) is 4.79 Å². The molecule has 32 heavy (non-hydrogen) atoms. The largest absolute Gasteiger partial charge is 0.454 e. The molecule has 0 bridgehead atoms. The van der Waals surface area contributed by atoms with E-state index in [2.05, 4.69) is 19.8 Å². The van der Waals surface area contributed by atoms with Crippen LogP contribution >= 0.6 is 23.1 Å². The second kappa shape index (κ2) is 8.38. The summed E-state index contributed by atoms with van der Waals surface area (Å²) in [6.45, 7) is 2.54. The molecular formula is C21H18ClN5O4S. The number of anilines is 1. The van der Waals surface area contributed by atoms with Crippen molar-refractivity contribution in [3.05, 3.63) is 46.6 Å². The zero-order valence-electron chi connectivity index (χ0n) is 17.2. The first-order valence-corrected chi connectivity index (χ1v) is 10.9. The number of hydrogen-bond acceptors (Lipinski definition) is 8. The van der Waals surface area contributed by atoms with E-state index in [0.717, 1.165) is 22.7 Å². The minimum atomic E-state index is -0.287. The van der Waals surface area contributed by atoms with Crippen molar-refractivity contribution in [2.75, 3.05) is 19.2 Å². The maximum atomic E-state index is 12.7. The van der Waals surface area contributed by atoms with Gasteiger partial charge >= 0.3 is 0 Å². The standard InChI is InChI=1S/C21H18ClN5O4S/c1-11(29-2)9-27-20-14(19(26-27)25-21(28)16-5-6-24-32-16)7-12(8-23-20)13-3-4-15-18(17(13)22)31-10-30-15/h3-8,11H,9-10H2,1-2H3,(H,25,26,28). The third kappa shape index (κ3) is 3.66. The molecule has 1 aliphatic heterocycles. The number of aromatic nitrogens is 4. The summed E-state index contributed by atoms with van der Waals surface area (Å²) >= 11 is 7.69. The quantitative estimate of drug-likeness (QED) is 0.449. The molecule has 0 aliphatic carbocycles. The van der Waals surface area contributed by atoms with Crippen molar-refractivity contribution in [1.29, 1.82) is 0 Å². The van der Waals surface area contributed by atoms with Crippen LogP contribution in [0.2, 0.25) is 5.02 Å². The molecule has 0 saturated heterocycles. The van der Waals surface area contributed by atoms with Crippen LogP contribution in [-0.4, -0.2) is 45.1 Å². The number of ether oxygens (including phenoxy) is 3. The molecule has 5 rings (SSSR count). The van der Waals surface area contributed by atoms with Crippen molar-refractivity contribution < 1.29 is 19.0 Å². The van der Waals surface area contributed by atoms with E-state index in [-0.39, 0.29) is 18.8 Å². The fourth-order valence-electron chi connectivity index (χ4n) is 3.41. The minimum absolute atomic E-state index is 0.0899. The van der Waals surface area contributed by atoms with E-state index in [0.29, 0.717) is 44.8 Å². The molecule has 1 aromatic carbocycles. The van der Waals surface area contributed by atoms with Gasteiger partial charge in [0.1, 0.15) is 4.88 Å². The number of hydrogen-bond donors (Lipinski definition) is 1. The first-order chi connectivity index (χ1) is 15.5. The van der Waals surface area contributed by atoms with Crippen LogP contribution in [0.5, 0.6) is 11.5 Å². The van der Waals surface area contributed by atoms with Gasteiger partial charge in [0.25, 0.3) is 5.91 Å². The lowest BCUT2D eigenvalue weighted by atomic mass is 10.1. The summed E-state index contributed by atoms with van der Waals surface area (Å²) in [6, 6.07) is 7.22. The lowest BCUT2D eigenvalue weighted by Crippen LogP contribution is -2.16. The van der Waals surface area contributed by atoms with Gasteiger partial charge in [0.2, 0.25) is 6.79 Å². The van der Waals surface area contributed by atoms with Crippen LogP contribution in [0.15, 0.2) is 36.7 Å². The van der Waals surface area contributed by atoms with Gasteiger partial charge in [-0.1, -0.05) is 11.6 Å². The molecule has 1 aliphatic rings. The van der Waals surface area contributed by atoms with Crippen LogP contribution in [0.25, 0.3) is 22.2 Å². The Morgan fingerprint density at radius 3 is 3.03 bits per heavy atom. The Hall–Kier alpha value is -3.21. The fraction of sp³-hybridized carbons (Fsp3) is 0.238. The number of carbonyl (C=O) groups is 1. The van der Waals surface area contributed by atoms with Crippen molar-refractivity contribution >= 4 is 45.9 Å². The number of benzene rings is 1. The summed E-state index contributed by atoms with van der Waals surface area (Å²) in [5.41, 5.74) is 2.12. The number of nitrogens with zero attached hydrogens (tertiary/aromatic N) is 4. The van der Waals surface area contributed by atoms with Gasteiger partial charge in [-0.15, -0.1) is 0 Å². The van der Waals surface area contributed by atoms with E-state index in [1.54, 1.807) is 30.3 Å². The van der Waals surface area contributed by atoms with Gasteiger partial charge < -0.3 is 19.5 Å². The molecule has 0 radical (unpaired) electrons. The summed E-state index contributed by atoms with van der Waals surface area (Å²) in [5.74, 6) is 1.22. The molecule has 11 heteroatoms. The molecule has 0 fully saturated rings. The highest BCUT2D eigenvalue weighted by Crippen LogP contribution is 2.44. The van der Waals surface area contributed by atoms with Gasteiger partial charge in [-0.25, -0.2) is 14.0 Å². The molecule has 9 nitrogen and oxygen atoms in total. The second-order valence-corrected chi connectivity index (χ2v) is 8.38. The maximum Gasteiger partial charge on any atom is 0.268 e. The summed E-state index contributed by atoms with van der Waals surface area (Å²) in [6.07, 6.45) is 3.21. The second-order valence-electron chi connectivity index (χ2n) is 7.16. The average molecular weight is 472 g/mol.